The van der Waals surface area contributed by atoms with Crippen LogP contribution >= 0.6 is 0 Å². The van der Waals surface area contributed by atoms with E-state index in [1.807, 2.05) is 0 Å². The van der Waals surface area contributed by atoms with Crippen molar-refractivity contribution >= 4 is 21.7 Å². The molecule has 19 heavy (non-hydrogen) atoms. The van der Waals surface area contributed by atoms with Gasteiger partial charge in [-0.25, -0.2) is 8.42 Å². The molecule has 1 aromatic carbocycles. The van der Waals surface area contributed by atoms with Crippen molar-refractivity contribution in [3.63, 3.8) is 0 Å². The standard InChI is InChI=1S/C12H15NO5S/c1-18-11(14)7-13-12(15)10-5-3-9(4-6-10)8-19(2,16)17/h3-6H,7-8H2,1-2H3,(H,13,15). The molecule has 7 heteroatoms. The van der Waals surface area contributed by atoms with Crippen LogP contribution in [0.25, 0.3) is 0 Å². The molecule has 0 aliphatic rings. The van der Waals surface area contributed by atoms with Gasteiger partial charge in [0.1, 0.15) is 6.54 Å². The fraction of sp³-hybridized carbons (Fsp3) is 0.333. The summed E-state index contributed by atoms with van der Waals surface area (Å²) < 4.78 is 26.6. The Morgan fingerprint density at radius 3 is 2.26 bits per heavy atom. The molecule has 1 rings (SSSR count). The molecule has 0 aliphatic heterocycles. The molecule has 1 amide bonds. The van der Waals surface area contributed by atoms with Crippen LogP contribution in [0.3, 0.4) is 0 Å². The molecule has 0 saturated heterocycles. The molecule has 0 aliphatic carbocycles. The normalized spacial score (nSPS) is 10.8. The molecule has 0 radical (unpaired) electrons. The Kier molecular flexibility index (Phi) is 5.05. The Balaban J connectivity index is 2.66. The van der Waals surface area contributed by atoms with Crippen LogP contribution in [0.4, 0.5) is 0 Å². The molecule has 0 atom stereocenters. The first kappa shape index (κ1) is 15.2. The minimum absolute atomic E-state index is 0.0724. The average Bonchev–Trinajstić information content (AvgIpc) is 2.34. The van der Waals surface area contributed by atoms with Crippen LogP contribution in [0.5, 0.6) is 0 Å². The zero-order valence-corrected chi connectivity index (χ0v) is 11.5. The van der Waals surface area contributed by atoms with Gasteiger partial charge >= 0.3 is 5.97 Å². The first-order valence-electron chi connectivity index (χ1n) is 5.43. The SMILES string of the molecule is COC(=O)CNC(=O)c1ccc(CS(C)(=O)=O)cc1. The smallest absolute Gasteiger partial charge is 0.325 e. The maximum absolute atomic E-state index is 11.6. The highest BCUT2D eigenvalue weighted by Crippen LogP contribution is 2.07. The van der Waals surface area contributed by atoms with Gasteiger partial charge in [-0.3, -0.25) is 9.59 Å². The minimum atomic E-state index is -3.10. The first-order valence-corrected chi connectivity index (χ1v) is 7.49. The summed E-state index contributed by atoms with van der Waals surface area (Å²) in [5.41, 5.74) is 0.952. The summed E-state index contributed by atoms with van der Waals surface area (Å²) in [6.07, 6.45) is 1.14. The summed E-state index contributed by atoms with van der Waals surface area (Å²) in [6, 6.07) is 6.14. The third-order valence-corrected chi connectivity index (χ3v) is 3.12. The van der Waals surface area contributed by atoms with Gasteiger partial charge in [0.05, 0.1) is 12.9 Å². The van der Waals surface area contributed by atoms with E-state index in [1.165, 1.54) is 19.2 Å². The molecule has 0 aromatic heterocycles. The van der Waals surface area contributed by atoms with Gasteiger partial charge in [0.2, 0.25) is 0 Å². The Hall–Kier alpha value is -1.89. The summed E-state index contributed by atoms with van der Waals surface area (Å²) in [4.78, 5) is 22.5. The Bertz CT molecular complexity index is 562. The molecular weight excluding hydrogens is 270 g/mol. The number of carbonyl (C=O) groups is 2. The number of hydrogen-bond donors (Lipinski definition) is 1. The average molecular weight is 285 g/mol. The van der Waals surface area contributed by atoms with Crippen LogP contribution in [0, 0.1) is 0 Å². The van der Waals surface area contributed by atoms with Crippen molar-refractivity contribution in [2.24, 2.45) is 0 Å². The van der Waals surface area contributed by atoms with Crippen molar-refractivity contribution in [3.8, 4) is 0 Å². The highest BCUT2D eigenvalue weighted by atomic mass is 32.2. The summed E-state index contributed by atoms with van der Waals surface area (Å²) >= 11 is 0. The van der Waals surface area contributed by atoms with Crippen molar-refractivity contribution in [2.45, 2.75) is 5.75 Å². The summed E-state index contributed by atoms with van der Waals surface area (Å²) in [6.45, 7) is -0.208. The van der Waals surface area contributed by atoms with Crippen LogP contribution in [-0.4, -0.2) is 40.2 Å². The second-order valence-electron chi connectivity index (χ2n) is 4.03. The summed E-state index contributed by atoms with van der Waals surface area (Å²) in [5, 5.41) is 2.39. The number of esters is 1. The van der Waals surface area contributed by atoms with Gasteiger partial charge < -0.3 is 10.1 Å². The van der Waals surface area contributed by atoms with E-state index in [4.69, 9.17) is 0 Å². The van der Waals surface area contributed by atoms with Crippen LogP contribution in [0.1, 0.15) is 15.9 Å². The molecule has 0 fully saturated rings. The monoisotopic (exact) mass is 285 g/mol. The third-order valence-electron chi connectivity index (χ3n) is 2.27. The van der Waals surface area contributed by atoms with Crippen molar-refractivity contribution in [1.82, 2.24) is 5.32 Å². The van der Waals surface area contributed by atoms with E-state index in [2.05, 4.69) is 10.1 Å². The predicted octanol–water partition coefficient (Wildman–Crippen LogP) is 0.134. The molecular formula is C12H15NO5S. The number of hydrogen-bond acceptors (Lipinski definition) is 5. The number of sulfone groups is 1. The summed E-state index contributed by atoms with van der Waals surface area (Å²) in [5.74, 6) is -1.03. The molecule has 104 valence electrons. The number of carbonyl (C=O) groups excluding carboxylic acids is 2. The minimum Gasteiger partial charge on any atom is -0.468 e. The van der Waals surface area contributed by atoms with Crippen LogP contribution in [0.15, 0.2) is 24.3 Å². The van der Waals surface area contributed by atoms with Crippen LogP contribution < -0.4 is 5.32 Å². The van der Waals surface area contributed by atoms with Gasteiger partial charge in [0.15, 0.2) is 9.84 Å². The largest absolute Gasteiger partial charge is 0.468 e. The molecule has 0 saturated carbocycles. The summed E-state index contributed by atoms with van der Waals surface area (Å²) in [7, 11) is -1.87. The lowest BCUT2D eigenvalue weighted by Gasteiger charge is -2.05. The molecule has 6 nitrogen and oxygen atoms in total. The molecule has 1 N–H and O–H groups in total. The van der Waals surface area contributed by atoms with Crippen molar-refractivity contribution in [1.29, 1.82) is 0 Å². The number of amides is 1. The van der Waals surface area contributed by atoms with Crippen molar-refractivity contribution < 1.29 is 22.7 Å². The highest BCUT2D eigenvalue weighted by molar-refractivity contribution is 7.89. The Morgan fingerprint density at radius 2 is 1.79 bits per heavy atom. The lowest BCUT2D eigenvalue weighted by atomic mass is 10.1. The van der Waals surface area contributed by atoms with E-state index in [1.54, 1.807) is 12.1 Å². The van der Waals surface area contributed by atoms with Crippen LogP contribution in [0.2, 0.25) is 0 Å². The molecule has 0 unspecified atom stereocenters. The second kappa shape index (κ2) is 6.33. The van der Waals surface area contributed by atoms with Gasteiger partial charge in [0.25, 0.3) is 5.91 Å². The van der Waals surface area contributed by atoms with Gasteiger partial charge in [-0.05, 0) is 17.7 Å². The number of ether oxygens (including phenoxy) is 1. The van der Waals surface area contributed by atoms with E-state index in [9.17, 15) is 18.0 Å². The Morgan fingerprint density at radius 1 is 1.21 bits per heavy atom. The van der Waals surface area contributed by atoms with Crippen molar-refractivity contribution in [3.05, 3.63) is 35.4 Å². The predicted molar refractivity (Wildman–Crippen MR) is 69.3 cm³/mol. The zero-order valence-electron chi connectivity index (χ0n) is 10.7. The number of benzene rings is 1. The topological polar surface area (TPSA) is 89.5 Å². The third kappa shape index (κ3) is 5.52. The van der Waals surface area contributed by atoms with E-state index in [0.29, 0.717) is 11.1 Å². The number of methoxy groups -OCH3 is 1. The van der Waals surface area contributed by atoms with Gasteiger partial charge in [0, 0.05) is 11.8 Å². The van der Waals surface area contributed by atoms with E-state index >= 15 is 0 Å². The van der Waals surface area contributed by atoms with E-state index < -0.39 is 21.7 Å². The number of nitrogens with one attached hydrogen (secondary N) is 1. The molecule has 1 aromatic rings. The molecule has 0 spiro atoms. The Labute approximate surface area is 111 Å². The lowest BCUT2D eigenvalue weighted by molar-refractivity contribution is -0.139. The molecule has 0 heterocycles. The van der Waals surface area contributed by atoms with E-state index in [0.717, 1.165) is 6.26 Å². The van der Waals surface area contributed by atoms with Gasteiger partial charge in [-0.15, -0.1) is 0 Å². The van der Waals surface area contributed by atoms with Crippen molar-refractivity contribution in [2.75, 3.05) is 19.9 Å². The maximum Gasteiger partial charge on any atom is 0.325 e. The fourth-order valence-corrected chi connectivity index (χ4v) is 2.18. The quantitative estimate of drug-likeness (QED) is 0.777. The van der Waals surface area contributed by atoms with Gasteiger partial charge in [-0.2, -0.15) is 0 Å². The zero-order chi connectivity index (χ0) is 14.5. The lowest BCUT2D eigenvalue weighted by Crippen LogP contribution is -2.30. The van der Waals surface area contributed by atoms with Gasteiger partial charge in [-0.1, -0.05) is 12.1 Å². The first-order chi connectivity index (χ1) is 8.81. The fourth-order valence-electron chi connectivity index (χ4n) is 1.38. The second-order valence-corrected chi connectivity index (χ2v) is 6.17. The molecule has 0 bridgehead atoms. The highest BCUT2D eigenvalue weighted by Gasteiger charge is 2.09. The van der Waals surface area contributed by atoms with E-state index in [-0.39, 0.29) is 12.3 Å². The maximum atomic E-state index is 11.6. The number of rotatable bonds is 5. The van der Waals surface area contributed by atoms with Crippen LogP contribution in [-0.2, 0) is 25.1 Å².